The topological polar surface area (TPSA) is 15.6 Å². The van der Waals surface area contributed by atoms with Gasteiger partial charge in [-0.05, 0) is 47.2 Å². The largest absolute Gasteiger partial charge is 0.308 e. The van der Waals surface area contributed by atoms with Crippen molar-refractivity contribution in [2.75, 3.05) is 0 Å². The molecule has 0 fully saturated rings. The Morgan fingerprint density at radius 3 is 2.47 bits per heavy atom. The molecule has 0 aromatic heterocycles. The summed E-state index contributed by atoms with van der Waals surface area (Å²) in [5.41, 5.74) is 8.40. The second-order valence-electron chi connectivity index (χ2n) is 7.74. The van der Waals surface area contributed by atoms with Gasteiger partial charge in [0.25, 0.3) is 0 Å². The van der Waals surface area contributed by atoms with E-state index in [1.165, 1.54) is 22.3 Å². The number of aryl methyl sites for hydroxylation is 1. The smallest absolute Gasteiger partial charge is 0.174 e. The van der Waals surface area contributed by atoms with Crippen LogP contribution in [-0.2, 0) is 6.42 Å². The number of thioether (sulfide) groups is 1. The van der Waals surface area contributed by atoms with Crippen LogP contribution in [0.5, 0.6) is 0 Å². The molecule has 0 spiro atoms. The summed E-state index contributed by atoms with van der Waals surface area (Å²) < 4.78 is 13.7. The van der Waals surface area contributed by atoms with Crippen molar-refractivity contribution < 1.29 is 4.39 Å². The van der Waals surface area contributed by atoms with Gasteiger partial charge in [-0.1, -0.05) is 78.5 Å². The number of nitrogens with zero attached hydrogens (tertiary/aromatic N) is 2. The quantitative estimate of drug-likeness (QED) is 0.470. The van der Waals surface area contributed by atoms with Crippen LogP contribution in [0.3, 0.4) is 0 Å². The fraction of sp³-hybridized carbons (Fsp3) is 0.115. The third-order valence-electron chi connectivity index (χ3n) is 6.03. The molecule has 0 N–H and O–H groups in total. The molecule has 0 bridgehead atoms. The predicted molar refractivity (Wildman–Crippen MR) is 122 cm³/mol. The fourth-order valence-corrected chi connectivity index (χ4v) is 5.57. The summed E-state index contributed by atoms with van der Waals surface area (Å²) in [6, 6.07) is 26.0. The SMILES string of the molecule is Fc1ccc([C@@H]2C3=C(N=C4SC=C(c5ccccc5)N42)c2ccccc2CC3)cc1. The Hall–Kier alpha value is -3.11. The first-order valence-electron chi connectivity index (χ1n) is 10.2. The first-order chi connectivity index (χ1) is 14.8. The minimum atomic E-state index is -0.207. The standard InChI is InChI=1S/C26H19FN2S/c27-20-13-10-19(11-14-20)25-22-15-12-17-6-4-5-9-21(17)24(22)28-26-29(25)23(16-30-26)18-7-2-1-3-8-18/h1-11,13-14,16,25H,12,15H2/t25-/m1/s1. The molecule has 3 aromatic carbocycles. The minimum Gasteiger partial charge on any atom is -0.308 e. The van der Waals surface area contributed by atoms with E-state index in [0.29, 0.717) is 0 Å². The van der Waals surface area contributed by atoms with E-state index in [4.69, 9.17) is 4.99 Å². The lowest BCUT2D eigenvalue weighted by atomic mass is 9.82. The highest BCUT2D eigenvalue weighted by molar-refractivity contribution is 8.16. The molecule has 2 heterocycles. The molecule has 0 radical (unpaired) electrons. The number of fused-ring (bicyclic) bond motifs is 3. The molecule has 1 atom stereocenters. The van der Waals surface area contributed by atoms with Crippen LogP contribution in [0.4, 0.5) is 4.39 Å². The van der Waals surface area contributed by atoms with Gasteiger partial charge in [0.1, 0.15) is 5.82 Å². The zero-order chi connectivity index (χ0) is 20.1. The van der Waals surface area contributed by atoms with E-state index >= 15 is 0 Å². The molecular formula is C26H19FN2S. The van der Waals surface area contributed by atoms with Gasteiger partial charge >= 0.3 is 0 Å². The number of hydrogen-bond donors (Lipinski definition) is 0. The average molecular weight is 411 g/mol. The summed E-state index contributed by atoms with van der Waals surface area (Å²) in [5.74, 6) is -0.207. The highest BCUT2D eigenvalue weighted by Gasteiger charge is 2.40. The van der Waals surface area contributed by atoms with Crippen molar-refractivity contribution in [1.29, 1.82) is 0 Å². The molecule has 6 rings (SSSR count). The number of rotatable bonds is 2. The molecule has 0 amide bonds. The van der Waals surface area contributed by atoms with Crippen molar-refractivity contribution in [3.8, 4) is 0 Å². The van der Waals surface area contributed by atoms with E-state index in [1.807, 2.05) is 18.2 Å². The van der Waals surface area contributed by atoms with Crippen LogP contribution in [0, 0.1) is 5.82 Å². The van der Waals surface area contributed by atoms with Crippen molar-refractivity contribution in [1.82, 2.24) is 4.90 Å². The van der Waals surface area contributed by atoms with E-state index in [9.17, 15) is 4.39 Å². The van der Waals surface area contributed by atoms with Crippen molar-refractivity contribution in [2.45, 2.75) is 18.9 Å². The third kappa shape index (κ3) is 2.75. The van der Waals surface area contributed by atoms with Crippen molar-refractivity contribution in [3.63, 3.8) is 0 Å². The Kier molecular flexibility index (Phi) is 4.13. The summed E-state index contributed by atoms with van der Waals surface area (Å²) in [4.78, 5) is 7.47. The van der Waals surface area contributed by atoms with Gasteiger partial charge in [0.15, 0.2) is 5.17 Å². The number of hydrogen-bond acceptors (Lipinski definition) is 3. The molecule has 30 heavy (non-hydrogen) atoms. The van der Waals surface area contributed by atoms with Crippen LogP contribution in [-0.4, -0.2) is 10.1 Å². The van der Waals surface area contributed by atoms with E-state index in [1.54, 1.807) is 23.9 Å². The lowest BCUT2D eigenvalue weighted by Crippen LogP contribution is -2.34. The minimum absolute atomic E-state index is 0.0166. The molecule has 2 nitrogen and oxygen atoms in total. The summed E-state index contributed by atoms with van der Waals surface area (Å²) in [6.07, 6.45) is 1.96. The Morgan fingerprint density at radius 2 is 1.63 bits per heavy atom. The molecular weight excluding hydrogens is 391 g/mol. The summed E-state index contributed by atoms with van der Waals surface area (Å²) in [6.45, 7) is 0. The highest BCUT2D eigenvalue weighted by atomic mass is 32.2. The second-order valence-corrected chi connectivity index (χ2v) is 8.57. The summed E-state index contributed by atoms with van der Waals surface area (Å²) in [5, 5.41) is 3.17. The molecule has 1 aliphatic carbocycles. The molecule has 146 valence electrons. The highest BCUT2D eigenvalue weighted by Crippen LogP contribution is 2.51. The number of aliphatic imine (C=N–C) groups is 1. The fourth-order valence-electron chi connectivity index (χ4n) is 4.65. The monoisotopic (exact) mass is 410 g/mol. The molecule has 3 aromatic rings. The van der Waals surface area contributed by atoms with Gasteiger partial charge in [0, 0.05) is 11.0 Å². The normalized spacial score (nSPS) is 19.6. The lowest BCUT2D eigenvalue weighted by molar-refractivity contribution is 0.473. The maximum atomic E-state index is 13.7. The van der Waals surface area contributed by atoms with Crippen molar-refractivity contribution in [3.05, 3.63) is 118 Å². The van der Waals surface area contributed by atoms with Gasteiger partial charge < -0.3 is 4.90 Å². The summed E-state index contributed by atoms with van der Waals surface area (Å²) in [7, 11) is 0. The molecule has 0 saturated carbocycles. The van der Waals surface area contributed by atoms with Gasteiger partial charge in [-0.3, -0.25) is 0 Å². The Morgan fingerprint density at radius 1 is 0.867 bits per heavy atom. The third-order valence-corrected chi connectivity index (χ3v) is 6.87. The summed E-state index contributed by atoms with van der Waals surface area (Å²) >= 11 is 1.67. The number of halogens is 1. The molecule has 4 heteroatoms. The van der Waals surface area contributed by atoms with E-state index in [0.717, 1.165) is 35.0 Å². The molecule has 0 unspecified atom stereocenters. The van der Waals surface area contributed by atoms with Crippen molar-refractivity contribution in [2.24, 2.45) is 4.99 Å². The van der Waals surface area contributed by atoms with Gasteiger partial charge in [0.05, 0.1) is 17.4 Å². The van der Waals surface area contributed by atoms with Gasteiger partial charge in [-0.25, -0.2) is 9.38 Å². The van der Waals surface area contributed by atoms with E-state index in [-0.39, 0.29) is 11.9 Å². The average Bonchev–Trinajstić information content (AvgIpc) is 3.22. The van der Waals surface area contributed by atoms with Gasteiger partial charge in [-0.2, -0.15) is 0 Å². The first kappa shape index (κ1) is 17.7. The van der Waals surface area contributed by atoms with Crippen LogP contribution < -0.4 is 0 Å². The maximum Gasteiger partial charge on any atom is 0.174 e. The van der Waals surface area contributed by atoms with E-state index < -0.39 is 0 Å². The van der Waals surface area contributed by atoms with Crippen LogP contribution in [0.1, 0.15) is 34.7 Å². The van der Waals surface area contributed by atoms with E-state index in [2.05, 4.69) is 58.8 Å². The van der Waals surface area contributed by atoms with Crippen LogP contribution >= 0.6 is 11.8 Å². The number of benzene rings is 3. The Labute approximate surface area is 179 Å². The Balaban J connectivity index is 1.55. The van der Waals surface area contributed by atoms with Gasteiger partial charge in [-0.15, -0.1) is 0 Å². The molecule has 3 aliphatic rings. The van der Waals surface area contributed by atoms with Crippen molar-refractivity contribution >= 4 is 28.3 Å². The van der Waals surface area contributed by atoms with Crippen LogP contribution in [0.15, 0.2) is 94.8 Å². The van der Waals surface area contributed by atoms with Crippen LogP contribution in [0.2, 0.25) is 0 Å². The molecule has 0 saturated heterocycles. The zero-order valence-corrected chi connectivity index (χ0v) is 17.1. The first-order valence-corrected chi connectivity index (χ1v) is 11.0. The maximum absolute atomic E-state index is 13.7. The molecule has 2 aliphatic heterocycles. The van der Waals surface area contributed by atoms with Crippen LogP contribution in [0.25, 0.3) is 11.4 Å². The number of amidine groups is 1. The lowest BCUT2D eigenvalue weighted by Gasteiger charge is -2.39. The van der Waals surface area contributed by atoms with Gasteiger partial charge in [0.2, 0.25) is 0 Å². The zero-order valence-electron chi connectivity index (χ0n) is 16.3. The predicted octanol–water partition coefficient (Wildman–Crippen LogP) is 6.64. The Bertz CT molecular complexity index is 1230. The second kappa shape index (κ2) is 6.99.